The van der Waals surface area contributed by atoms with Crippen LogP contribution in [-0.2, 0) is 11.2 Å². The number of benzene rings is 1. The number of aromatic amines is 1. The molecular weight excluding hydrogens is 254 g/mol. The lowest BCUT2D eigenvalue weighted by atomic mass is 10.1. The quantitative estimate of drug-likeness (QED) is 0.888. The Bertz CT molecular complexity index is 528. The van der Waals surface area contributed by atoms with Crippen molar-refractivity contribution < 1.29 is 4.79 Å². The zero-order chi connectivity index (χ0) is 11.0. The lowest BCUT2D eigenvalue weighted by molar-refractivity contribution is -0.116. The second-order valence-electron chi connectivity index (χ2n) is 3.77. The molecule has 2 rings (SSSR count). The van der Waals surface area contributed by atoms with Gasteiger partial charge in [-0.25, -0.2) is 0 Å². The minimum atomic E-state index is 0.190. The Hall–Kier alpha value is -1.09. The van der Waals surface area contributed by atoms with Gasteiger partial charge >= 0.3 is 0 Å². The van der Waals surface area contributed by atoms with Crippen molar-refractivity contribution in [2.75, 3.05) is 0 Å². The molecule has 3 heteroatoms. The lowest BCUT2D eigenvalue weighted by Crippen LogP contribution is -1.97. The van der Waals surface area contributed by atoms with E-state index >= 15 is 0 Å². The average Bonchev–Trinajstić information content (AvgIpc) is 2.43. The van der Waals surface area contributed by atoms with Gasteiger partial charge in [-0.05, 0) is 31.5 Å². The van der Waals surface area contributed by atoms with Crippen LogP contribution < -0.4 is 0 Å². The molecule has 0 aliphatic rings. The molecule has 0 radical (unpaired) electrons. The number of ketones is 1. The van der Waals surface area contributed by atoms with Crippen molar-refractivity contribution >= 4 is 32.6 Å². The molecule has 0 saturated carbocycles. The SMILES string of the molecule is CC(=O)Cc1c(C)[nH]c2cccc(Br)c12. The second-order valence-corrected chi connectivity index (χ2v) is 4.62. The number of H-pyrrole nitrogens is 1. The van der Waals surface area contributed by atoms with Gasteiger partial charge in [-0.1, -0.05) is 22.0 Å². The molecule has 15 heavy (non-hydrogen) atoms. The molecule has 0 aliphatic carbocycles. The van der Waals surface area contributed by atoms with Gasteiger partial charge in [0.1, 0.15) is 5.78 Å². The maximum absolute atomic E-state index is 11.2. The molecule has 0 fully saturated rings. The van der Waals surface area contributed by atoms with Crippen LogP contribution in [0.15, 0.2) is 22.7 Å². The smallest absolute Gasteiger partial charge is 0.134 e. The van der Waals surface area contributed by atoms with Crippen LogP contribution in [-0.4, -0.2) is 10.8 Å². The molecule has 2 nitrogen and oxygen atoms in total. The highest BCUT2D eigenvalue weighted by Gasteiger charge is 2.12. The van der Waals surface area contributed by atoms with Gasteiger partial charge in [-0.3, -0.25) is 4.79 Å². The maximum Gasteiger partial charge on any atom is 0.134 e. The second kappa shape index (κ2) is 3.81. The van der Waals surface area contributed by atoms with E-state index in [0.717, 1.165) is 26.6 Å². The van der Waals surface area contributed by atoms with Gasteiger partial charge in [-0.15, -0.1) is 0 Å². The Kier molecular flexibility index (Phi) is 2.65. The van der Waals surface area contributed by atoms with Crippen LogP contribution in [0.4, 0.5) is 0 Å². The number of aromatic nitrogens is 1. The van der Waals surface area contributed by atoms with Gasteiger partial charge in [-0.2, -0.15) is 0 Å². The molecule has 0 spiro atoms. The molecule has 1 aromatic heterocycles. The summed E-state index contributed by atoms with van der Waals surface area (Å²) in [7, 11) is 0. The predicted molar refractivity (Wildman–Crippen MR) is 65.1 cm³/mol. The minimum absolute atomic E-state index is 0.190. The highest BCUT2D eigenvalue weighted by Crippen LogP contribution is 2.29. The van der Waals surface area contributed by atoms with Crippen molar-refractivity contribution in [3.8, 4) is 0 Å². The Morgan fingerprint density at radius 3 is 2.87 bits per heavy atom. The first-order valence-corrected chi connectivity index (χ1v) is 5.64. The number of hydrogen-bond donors (Lipinski definition) is 1. The van der Waals surface area contributed by atoms with Gasteiger partial charge in [0.15, 0.2) is 0 Å². The zero-order valence-electron chi connectivity index (χ0n) is 8.73. The number of Topliss-reactive ketones (excluding diaryl/α,β-unsaturated/α-hetero) is 1. The highest BCUT2D eigenvalue weighted by molar-refractivity contribution is 9.10. The Labute approximate surface area is 96.8 Å². The number of nitrogens with one attached hydrogen (secondary N) is 1. The number of carbonyl (C=O) groups is 1. The van der Waals surface area contributed by atoms with E-state index < -0.39 is 0 Å². The number of halogens is 1. The third-order valence-corrected chi connectivity index (χ3v) is 3.18. The Balaban J connectivity index is 2.71. The van der Waals surface area contributed by atoms with Crippen molar-refractivity contribution in [2.45, 2.75) is 20.3 Å². The van der Waals surface area contributed by atoms with Crippen LogP contribution in [0.2, 0.25) is 0 Å². The minimum Gasteiger partial charge on any atom is -0.358 e. The van der Waals surface area contributed by atoms with Crippen LogP contribution in [0.1, 0.15) is 18.2 Å². The van der Waals surface area contributed by atoms with E-state index in [-0.39, 0.29) is 5.78 Å². The molecule has 0 bridgehead atoms. The largest absolute Gasteiger partial charge is 0.358 e. The van der Waals surface area contributed by atoms with Crippen LogP contribution in [0.25, 0.3) is 10.9 Å². The van der Waals surface area contributed by atoms with E-state index in [1.54, 1.807) is 6.92 Å². The Morgan fingerprint density at radius 1 is 1.47 bits per heavy atom. The van der Waals surface area contributed by atoms with Crippen molar-refractivity contribution in [3.63, 3.8) is 0 Å². The third-order valence-electron chi connectivity index (χ3n) is 2.52. The number of rotatable bonds is 2. The Morgan fingerprint density at radius 2 is 2.20 bits per heavy atom. The van der Waals surface area contributed by atoms with Crippen molar-refractivity contribution in [1.29, 1.82) is 0 Å². The maximum atomic E-state index is 11.2. The predicted octanol–water partition coefficient (Wildman–Crippen LogP) is 3.37. The monoisotopic (exact) mass is 265 g/mol. The van der Waals surface area contributed by atoms with Crippen LogP contribution in [0.5, 0.6) is 0 Å². The summed E-state index contributed by atoms with van der Waals surface area (Å²) < 4.78 is 1.04. The van der Waals surface area contributed by atoms with Crippen LogP contribution in [0.3, 0.4) is 0 Å². The number of carbonyl (C=O) groups excluding carboxylic acids is 1. The molecule has 0 aliphatic heterocycles. The van der Waals surface area contributed by atoms with E-state index in [4.69, 9.17) is 0 Å². The topological polar surface area (TPSA) is 32.9 Å². The fourth-order valence-electron chi connectivity index (χ4n) is 1.87. The summed E-state index contributed by atoms with van der Waals surface area (Å²) >= 11 is 3.52. The summed E-state index contributed by atoms with van der Waals surface area (Å²) in [6.07, 6.45) is 0.494. The van der Waals surface area contributed by atoms with Crippen LogP contribution >= 0.6 is 15.9 Å². The van der Waals surface area contributed by atoms with E-state index in [9.17, 15) is 4.79 Å². The molecule has 1 aromatic carbocycles. The van der Waals surface area contributed by atoms with Gasteiger partial charge in [0, 0.05) is 27.5 Å². The van der Waals surface area contributed by atoms with Gasteiger partial charge < -0.3 is 4.98 Å². The van der Waals surface area contributed by atoms with Crippen molar-refractivity contribution in [1.82, 2.24) is 4.98 Å². The van der Waals surface area contributed by atoms with E-state index in [0.29, 0.717) is 6.42 Å². The van der Waals surface area contributed by atoms with E-state index in [1.165, 1.54) is 0 Å². The van der Waals surface area contributed by atoms with Gasteiger partial charge in [0.2, 0.25) is 0 Å². The van der Waals surface area contributed by atoms with Crippen molar-refractivity contribution in [2.24, 2.45) is 0 Å². The zero-order valence-corrected chi connectivity index (χ0v) is 10.3. The molecule has 0 saturated heterocycles. The number of fused-ring (bicyclic) bond motifs is 1. The van der Waals surface area contributed by atoms with E-state index in [2.05, 4.69) is 20.9 Å². The molecule has 2 aromatic rings. The molecule has 0 amide bonds. The summed E-state index contributed by atoms with van der Waals surface area (Å²) in [6, 6.07) is 6.01. The van der Waals surface area contributed by atoms with E-state index in [1.807, 2.05) is 25.1 Å². The first-order chi connectivity index (χ1) is 7.09. The fourth-order valence-corrected chi connectivity index (χ4v) is 2.48. The molecule has 1 N–H and O–H groups in total. The molecule has 1 heterocycles. The standard InChI is InChI=1S/C12H12BrNO/c1-7(15)6-9-8(2)14-11-5-3-4-10(13)12(9)11/h3-5,14H,6H2,1-2H3. The summed E-state index contributed by atoms with van der Waals surface area (Å²) in [5.41, 5.74) is 3.26. The molecule has 0 atom stereocenters. The average molecular weight is 266 g/mol. The first kappa shape index (κ1) is 10.4. The molecule has 0 unspecified atom stereocenters. The summed E-state index contributed by atoms with van der Waals surface area (Å²) in [5, 5.41) is 1.13. The summed E-state index contributed by atoms with van der Waals surface area (Å²) in [4.78, 5) is 14.5. The fraction of sp³-hybridized carbons (Fsp3) is 0.250. The van der Waals surface area contributed by atoms with Gasteiger partial charge in [0.25, 0.3) is 0 Å². The van der Waals surface area contributed by atoms with Gasteiger partial charge in [0.05, 0.1) is 0 Å². The normalized spacial score (nSPS) is 10.9. The van der Waals surface area contributed by atoms with Crippen molar-refractivity contribution in [3.05, 3.63) is 33.9 Å². The summed E-state index contributed by atoms with van der Waals surface area (Å²) in [5.74, 6) is 0.190. The lowest BCUT2D eigenvalue weighted by Gasteiger charge is -1.99. The number of hydrogen-bond acceptors (Lipinski definition) is 1. The molecular formula is C12H12BrNO. The highest BCUT2D eigenvalue weighted by atomic mass is 79.9. The first-order valence-electron chi connectivity index (χ1n) is 4.84. The van der Waals surface area contributed by atoms with Crippen LogP contribution in [0, 0.1) is 6.92 Å². The molecule has 78 valence electrons. The third kappa shape index (κ3) is 1.84. The number of aryl methyl sites for hydroxylation is 1. The summed E-state index contributed by atoms with van der Waals surface area (Å²) in [6.45, 7) is 3.62.